The molecule has 0 radical (unpaired) electrons. The summed E-state index contributed by atoms with van der Waals surface area (Å²) in [7, 11) is 0. The van der Waals surface area contributed by atoms with Crippen LogP contribution in [0.25, 0.3) is 0 Å². The van der Waals surface area contributed by atoms with E-state index in [1.807, 2.05) is 11.8 Å². The number of nitrogens with one attached hydrogen (secondary N) is 1. The van der Waals surface area contributed by atoms with E-state index in [0.29, 0.717) is 17.6 Å². The minimum Gasteiger partial charge on any atom is -0.378 e. The second kappa shape index (κ2) is 6.29. The molecule has 3 nitrogen and oxygen atoms in total. The SMILES string of the molecule is CCC1OCCC1CN=C1NC(CC)(CC)CS1. The lowest BCUT2D eigenvalue weighted by atomic mass is 9.96. The van der Waals surface area contributed by atoms with Crippen LogP contribution in [-0.2, 0) is 4.74 Å². The highest BCUT2D eigenvalue weighted by Gasteiger charge is 2.34. The Labute approximate surface area is 115 Å². The molecule has 104 valence electrons. The van der Waals surface area contributed by atoms with Crippen molar-refractivity contribution in [3.05, 3.63) is 0 Å². The van der Waals surface area contributed by atoms with Gasteiger partial charge in [-0.1, -0.05) is 32.5 Å². The molecule has 4 heteroatoms. The second-order valence-electron chi connectivity index (χ2n) is 5.41. The van der Waals surface area contributed by atoms with Gasteiger partial charge in [-0.05, 0) is 25.7 Å². The van der Waals surface area contributed by atoms with E-state index >= 15 is 0 Å². The van der Waals surface area contributed by atoms with Crippen LogP contribution in [0.3, 0.4) is 0 Å². The van der Waals surface area contributed by atoms with Crippen LogP contribution in [-0.4, -0.2) is 35.7 Å². The maximum absolute atomic E-state index is 5.72. The summed E-state index contributed by atoms with van der Waals surface area (Å²) >= 11 is 1.89. The van der Waals surface area contributed by atoms with E-state index in [2.05, 4.69) is 26.1 Å². The van der Waals surface area contributed by atoms with Crippen molar-refractivity contribution in [1.82, 2.24) is 5.32 Å². The molecule has 0 bridgehead atoms. The molecule has 2 heterocycles. The fourth-order valence-electron chi connectivity index (χ4n) is 2.77. The van der Waals surface area contributed by atoms with E-state index in [1.165, 1.54) is 19.3 Å². The molecule has 2 saturated heterocycles. The van der Waals surface area contributed by atoms with Gasteiger partial charge in [0.2, 0.25) is 0 Å². The zero-order chi connectivity index (χ0) is 13.0. The summed E-state index contributed by atoms with van der Waals surface area (Å²) in [6, 6.07) is 0. The number of hydrogen-bond acceptors (Lipinski definition) is 3. The Balaban J connectivity index is 1.87. The van der Waals surface area contributed by atoms with Gasteiger partial charge in [-0.3, -0.25) is 4.99 Å². The molecular weight excluding hydrogens is 244 g/mol. The molecule has 2 rings (SSSR count). The summed E-state index contributed by atoms with van der Waals surface area (Å²) in [5, 5.41) is 4.79. The molecule has 0 aromatic rings. The van der Waals surface area contributed by atoms with Crippen LogP contribution >= 0.6 is 11.8 Å². The van der Waals surface area contributed by atoms with Crippen molar-refractivity contribution in [2.24, 2.45) is 10.9 Å². The fraction of sp³-hybridized carbons (Fsp3) is 0.929. The van der Waals surface area contributed by atoms with Crippen LogP contribution in [0.15, 0.2) is 4.99 Å². The van der Waals surface area contributed by atoms with Gasteiger partial charge in [-0.15, -0.1) is 0 Å². The van der Waals surface area contributed by atoms with Gasteiger partial charge in [0.25, 0.3) is 0 Å². The Kier molecular flexibility index (Phi) is 4.96. The first kappa shape index (κ1) is 14.2. The molecule has 0 aromatic heterocycles. The summed E-state index contributed by atoms with van der Waals surface area (Å²) < 4.78 is 5.72. The lowest BCUT2D eigenvalue weighted by Gasteiger charge is -2.25. The number of hydrogen-bond donors (Lipinski definition) is 1. The number of ether oxygens (including phenoxy) is 1. The molecular formula is C14H26N2OS. The van der Waals surface area contributed by atoms with Crippen LogP contribution in [0.4, 0.5) is 0 Å². The molecule has 2 fully saturated rings. The van der Waals surface area contributed by atoms with E-state index in [-0.39, 0.29) is 0 Å². The smallest absolute Gasteiger partial charge is 0.157 e. The van der Waals surface area contributed by atoms with Crippen molar-refractivity contribution in [3.8, 4) is 0 Å². The maximum Gasteiger partial charge on any atom is 0.157 e. The van der Waals surface area contributed by atoms with Crippen LogP contribution in [0, 0.1) is 5.92 Å². The summed E-state index contributed by atoms with van der Waals surface area (Å²) in [6.07, 6.45) is 5.08. The first-order chi connectivity index (χ1) is 8.73. The highest BCUT2D eigenvalue weighted by Crippen LogP contribution is 2.30. The quantitative estimate of drug-likeness (QED) is 0.833. The number of rotatable bonds is 5. The van der Waals surface area contributed by atoms with Gasteiger partial charge in [-0.2, -0.15) is 0 Å². The van der Waals surface area contributed by atoms with E-state index in [9.17, 15) is 0 Å². The summed E-state index contributed by atoms with van der Waals surface area (Å²) in [4.78, 5) is 4.78. The standard InChI is InChI=1S/C14H26N2OS/c1-4-12-11(7-8-17-12)9-15-13-16-14(5-2,6-3)10-18-13/h11-12H,4-10H2,1-3H3,(H,15,16). The first-order valence-corrected chi connectivity index (χ1v) is 8.28. The monoisotopic (exact) mass is 270 g/mol. The van der Waals surface area contributed by atoms with Crippen LogP contribution in [0.1, 0.15) is 46.5 Å². The van der Waals surface area contributed by atoms with Gasteiger partial charge in [-0.25, -0.2) is 0 Å². The van der Waals surface area contributed by atoms with Gasteiger partial charge in [0.1, 0.15) is 0 Å². The predicted molar refractivity (Wildman–Crippen MR) is 79.3 cm³/mol. The van der Waals surface area contributed by atoms with Crippen molar-refractivity contribution in [2.45, 2.75) is 58.1 Å². The lowest BCUT2D eigenvalue weighted by Crippen LogP contribution is -2.42. The van der Waals surface area contributed by atoms with Crippen LogP contribution in [0.5, 0.6) is 0 Å². The summed E-state index contributed by atoms with van der Waals surface area (Å²) in [6.45, 7) is 8.58. The van der Waals surface area contributed by atoms with Crippen LogP contribution < -0.4 is 5.32 Å². The Morgan fingerprint density at radius 3 is 2.78 bits per heavy atom. The van der Waals surface area contributed by atoms with Gasteiger partial charge in [0, 0.05) is 30.4 Å². The van der Waals surface area contributed by atoms with Crippen molar-refractivity contribution in [3.63, 3.8) is 0 Å². The molecule has 0 saturated carbocycles. The van der Waals surface area contributed by atoms with E-state index in [1.54, 1.807) is 0 Å². The molecule has 2 aliphatic heterocycles. The van der Waals surface area contributed by atoms with Crippen molar-refractivity contribution >= 4 is 16.9 Å². The summed E-state index contributed by atoms with van der Waals surface area (Å²) in [5.41, 5.74) is 0.292. The topological polar surface area (TPSA) is 33.6 Å². The molecule has 2 unspecified atom stereocenters. The third-order valence-corrected chi connectivity index (χ3v) is 5.63. The molecule has 0 spiro atoms. The fourth-order valence-corrected chi connectivity index (χ4v) is 4.12. The Hall–Kier alpha value is -0.220. The Morgan fingerprint density at radius 2 is 2.17 bits per heavy atom. The number of aliphatic imine (C=N–C) groups is 1. The average molecular weight is 270 g/mol. The minimum absolute atomic E-state index is 0.292. The van der Waals surface area contributed by atoms with Gasteiger partial charge in [0.15, 0.2) is 5.17 Å². The number of amidine groups is 1. The highest BCUT2D eigenvalue weighted by atomic mass is 32.2. The Morgan fingerprint density at radius 1 is 1.39 bits per heavy atom. The van der Waals surface area contributed by atoms with Crippen molar-refractivity contribution in [2.75, 3.05) is 18.9 Å². The minimum atomic E-state index is 0.292. The molecule has 0 aliphatic carbocycles. The van der Waals surface area contributed by atoms with Crippen molar-refractivity contribution in [1.29, 1.82) is 0 Å². The highest BCUT2D eigenvalue weighted by molar-refractivity contribution is 8.14. The largest absolute Gasteiger partial charge is 0.378 e. The maximum atomic E-state index is 5.72. The predicted octanol–water partition coefficient (Wildman–Crippen LogP) is 3.05. The lowest BCUT2D eigenvalue weighted by molar-refractivity contribution is 0.0893. The third-order valence-electron chi connectivity index (χ3n) is 4.43. The molecule has 0 amide bonds. The van der Waals surface area contributed by atoms with Gasteiger partial charge in [0.05, 0.1) is 6.10 Å². The molecule has 1 N–H and O–H groups in total. The molecule has 18 heavy (non-hydrogen) atoms. The Bertz CT molecular complexity index is 302. The molecule has 0 aromatic carbocycles. The number of thioether (sulfide) groups is 1. The normalized spacial score (nSPS) is 32.9. The van der Waals surface area contributed by atoms with Gasteiger partial charge >= 0.3 is 0 Å². The van der Waals surface area contributed by atoms with E-state index < -0.39 is 0 Å². The van der Waals surface area contributed by atoms with Gasteiger partial charge < -0.3 is 10.1 Å². The molecule has 2 atom stereocenters. The first-order valence-electron chi connectivity index (χ1n) is 7.30. The van der Waals surface area contributed by atoms with E-state index in [0.717, 1.165) is 30.5 Å². The van der Waals surface area contributed by atoms with Crippen LogP contribution in [0.2, 0.25) is 0 Å². The second-order valence-corrected chi connectivity index (χ2v) is 6.38. The third kappa shape index (κ3) is 3.02. The number of nitrogens with zero attached hydrogens (tertiary/aromatic N) is 1. The average Bonchev–Trinajstić information content (AvgIpc) is 3.03. The summed E-state index contributed by atoms with van der Waals surface area (Å²) in [5.74, 6) is 1.79. The molecule has 2 aliphatic rings. The van der Waals surface area contributed by atoms with Crippen molar-refractivity contribution < 1.29 is 4.74 Å². The zero-order valence-electron chi connectivity index (χ0n) is 11.9. The zero-order valence-corrected chi connectivity index (χ0v) is 12.7. The van der Waals surface area contributed by atoms with E-state index in [4.69, 9.17) is 9.73 Å².